The first-order valence-electron chi connectivity index (χ1n) is 6.63. The van der Waals surface area contributed by atoms with E-state index in [1.807, 2.05) is 19.2 Å². The first-order valence-corrected chi connectivity index (χ1v) is 7.00. The zero-order valence-corrected chi connectivity index (χ0v) is 12.9. The van der Waals surface area contributed by atoms with Crippen LogP contribution in [0.1, 0.15) is 17.2 Å². The molecule has 110 valence electrons. The molecule has 21 heavy (non-hydrogen) atoms. The van der Waals surface area contributed by atoms with Crippen LogP contribution in [-0.2, 0) is 0 Å². The molecule has 3 rings (SSSR count). The highest BCUT2D eigenvalue weighted by atomic mass is 35.5. The van der Waals surface area contributed by atoms with Crippen LogP contribution in [0.3, 0.4) is 0 Å². The number of ether oxygens (including phenoxy) is 2. The van der Waals surface area contributed by atoms with Gasteiger partial charge in [0.1, 0.15) is 12.4 Å². The van der Waals surface area contributed by atoms with Crippen molar-refractivity contribution in [3.05, 3.63) is 40.8 Å². The van der Waals surface area contributed by atoms with Crippen LogP contribution in [-0.4, -0.2) is 30.7 Å². The molecular weight excluding hydrogens is 290 g/mol. The molecule has 1 aromatic carbocycles. The molecule has 2 aromatic rings. The summed E-state index contributed by atoms with van der Waals surface area (Å²) in [5.74, 6) is 2.21. The van der Waals surface area contributed by atoms with E-state index >= 15 is 0 Å². The fourth-order valence-corrected chi connectivity index (χ4v) is 2.70. The highest BCUT2D eigenvalue weighted by Gasteiger charge is 2.29. The maximum absolute atomic E-state index is 5.89. The number of aryl methyl sites for hydroxylation is 1. The van der Waals surface area contributed by atoms with Crippen LogP contribution in [0.25, 0.3) is 0 Å². The van der Waals surface area contributed by atoms with Crippen molar-refractivity contribution < 1.29 is 9.47 Å². The quantitative estimate of drug-likeness (QED) is 0.798. The zero-order valence-electron chi connectivity index (χ0n) is 12.1. The fraction of sp³-hybridized carbons (Fsp3) is 0.333. The van der Waals surface area contributed by atoms with Crippen molar-refractivity contribution in [2.45, 2.75) is 13.0 Å². The summed E-state index contributed by atoms with van der Waals surface area (Å²) in [4.78, 5) is 10.3. The van der Waals surface area contributed by atoms with Crippen molar-refractivity contribution in [3.63, 3.8) is 0 Å². The van der Waals surface area contributed by atoms with E-state index < -0.39 is 0 Å². The third kappa shape index (κ3) is 2.49. The van der Waals surface area contributed by atoms with Crippen molar-refractivity contribution in [2.24, 2.45) is 0 Å². The standard InChI is InChI=1S/C15H16ClN3O2/c1-9-6-10(20-3)4-5-11(9)12-8-21-13-7-17-15(16)18-14(13)19(12)2/h4-7,12H,8H2,1-3H3. The molecule has 5 nitrogen and oxygen atoms in total. The minimum absolute atomic E-state index is 0.0781. The summed E-state index contributed by atoms with van der Waals surface area (Å²) in [6.07, 6.45) is 1.61. The molecule has 0 amide bonds. The number of methoxy groups -OCH3 is 1. The summed E-state index contributed by atoms with van der Waals surface area (Å²) in [5, 5.41) is 0.219. The molecule has 0 saturated carbocycles. The number of nitrogens with zero attached hydrogens (tertiary/aromatic N) is 3. The van der Waals surface area contributed by atoms with Crippen molar-refractivity contribution in [3.8, 4) is 11.5 Å². The Kier molecular flexibility index (Phi) is 3.59. The second kappa shape index (κ2) is 5.41. The first kappa shape index (κ1) is 13.9. The Morgan fingerprint density at radius 1 is 1.43 bits per heavy atom. The Balaban J connectivity index is 1.98. The first-order chi connectivity index (χ1) is 10.1. The van der Waals surface area contributed by atoms with Gasteiger partial charge in [-0.2, -0.15) is 4.98 Å². The van der Waals surface area contributed by atoms with Gasteiger partial charge in [0.2, 0.25) is 5.28 Å². The SMILES string of the molecule is COc1ccc(C2COc3cnc(Cl)nc3N2C)c(C)c1. The van der Waals surface area contributed by atoms with Crippen LogP contribution in [0, 0.1) is 6.92 Å². The lowest BCUT2D eigenvalue weighted by Gasteiger charge is -2.35. The minimum Gasteiger partial charge on any atom is -0.497 e. The molecule has 1 aliphatic heterocycles. The molecule has 0 radical (unpaired) electrons. The van der Waals surface area contributed by atoms with Crippen LogP contribution in [0.5, 0.6) is 11.5 Å². The lowest BCUT2D eigenvalue weighted by molar-refractivity contribution is 0.264. The van der Waals surface area contributed by atoms with Crippen LogP contribution >= 0.6 is 11.6 Å². The molecule has 0 bridgehead atoms. The zero-order chi connectivity index (χ0) is 15.0. The average Bonchev–Trinajstić information content (AvgIpc) is 2.49. The molecule has 1 atom stereocenters. The van der Waals surface area contributed by atoms with Gasteiger partial charge in [-0.1, -0.05) is 6.07 Å². The molecule has 0 saturated heterocycles. The van der Waals surface area contributed by atoms with Gasteiger partial charge >= 0.3 is 0 Å². The number of halogens is 1. The lowest BCUT2D eigenvalue weighted by atomic mass is 9.99. The van der Waals surface area contributed by atoms with Gasteiger partial charge in [-0.15, -0.1) is 0 Å². The van der Waals surface area contributed by atoms with Crippen LogP contribution in [0.15, 0.2) is 24.4 Å². The molecule has 1 aliphatic rings. The smallest absolute Gasteiger partial charge is 0.224 e. The molecule has 0 spiro atoms. The highest BCUT2D eigenvalue weighted by molar-refractivity contribution is 6.28. The van der Waals surface area contributed by atoms with Gasteiger partial charge in [-0.3, -0.25) is 0 Å². The highest BCUT2D eigenvalue weighted by Crippen LogP contribution is 2.38. The van der Waals surface area contributed by atoms with Crippen molar-refractivity contribution in [1.29, 1.82) is 0 Å². The molecule has 1 unspecified atom stereocenters. The molecule has 1 aromatic heterocycles. The summed E-state index contributed by atoms with van der Waals surface area (Å²) in [7, 11) is 3.65. The van der Waals surface area contributed by atoms with Gasteiger partial charge in [0.05, 0.1) is 19.3 Å². The van der Waals surface area contributed by atoms with E-state index in [9.17, 15) is 0 Å². The van der Waals surface area contributed by atoms with Crippen molar-refractivity contribution >= 4 is 17.4 Å². The summed E-state index contributed by atoms with van der Waals surface area (Å²) < 4.78 is 11.0. The predicted molar refractivity (Wildman–Crippen MR) is 81.4 cm³/mol. The van der Waals surface area contributed by atoms with Gasteiger partial charge < -0.3 is 14.4 Å². The third-order valence-corrected chi connectivity index (χ3v) is 3.92. The minimum atomic E-state index is 0.0781. The number of hydrogen-bond donors (Lipinski definition) is 0. The molecule has 0 aliphatic carbocycles. The number of benzene rings is 1. The van der Waals surface area contributed by atoms with E-state index in [1.165, 1.54) is 5.56 Å². The summed E-state index contributed by atoms with van der Waals surface area (Å²) >= 11 is 5.89. The second-order valence-electron chi connectivity index (χ2n) is 4.99. The van der Waals surface area contributed by atoms with E-state index in [2.05, 4.69) is 27.9 Å². The number of hydrogen-bond acceptors (Lipinski definition) is 5. The Hall–Kier alpha value is -2.01. The Bertz CT molecular complexity index is 678. The Morgan fingerprint density at radius 2 is 2.24 bits per heavy atom. The largest absolute Gasteiger partial charge is 0.497 e. The lowest BCUT2D eigenvalue weighted by Crippen LogP contribution is -2.34. The van der Waals surface area contributed by atoms with Gasteiger partial charge in [0, 0.05) is 7.05 Å². The number of likely N-dealkylation sites (N-methyl/N-ethyl adjacent to an activating group) is 1. The van der Waals surface area contributed by atoms with Gasteiger partial charge in [-0.25, -0.2) is 4.98 Å². The third-order valence-electron chi connectivity index (χ3n) is 3.74. The molecular formula is C15H16ClN3O2. The molecule has 6 heteroatoms. The predicted octanol–water partition coefficient (Wildman–Crippen LogP) is 3.02. The molecule has 2 heterocycles. The average molecular weight is 306 g/mol. The van der Waals surface area contributed by atoms with E-state index in [0.717, 1.165) is 11.3 Å². The maximum Gasteiger partial charge on any atom is 0.224 e. The monoisotopic (exact) mass is 305 g/mol. The normalized spacial score (nSPS) is 17.1. The number of anilines is 1. The number of fused-ring (bicyclic) bond motifs is 1. The fourth-order valence-electron chi connectivity index (χ4n) is 2.57. The number of aromatic nitrogens is 2. The van der Waals surface area contributed by atoms with E-state index in [0.29, 0.717) is 18.2 Å². The van der Waals surface area contributed by atoms with E-state index in [-0.39, 0.29) is 11.3 Å². The summed E-state index contributed by atoms with van der Waals surface area (Å²) in [6, 6.07) is 6.12. The van der Waals surface area contributed by atoms with Gasteiger partial charge in [0.25, 0.3) is 0 Å². The van der Waals surface area contributed by atoms with Crippen LogP contribution in [0.2, 0.25) is 5.28 Å². The van der Waals surface area contributed by atoms with Crippen LogP contribution < -0.4 is 14.4 Å². The molecule has 0 fully saturated rings. The Morgan fingerprint density at radius 3 is 2.95 bits per heavy atom. The second-order valence-corrected chi connectivity index (χ2v) is 5.33. The van der Waals surface area contributed by atoms with Crippen LogP contribution in [0.4, 0.5) is 5.82 Å². The van der Waals surface area contributed by atoms with E-state index in [4.69, 9.17) is 21.1 Å². The van der Waals surface area contributed by atoms with Gasteiger partial charge in [-0.05, 0) is 41.8 Å². The summed E-state index contributed by atoms with van der Waals surface area (Å²) in [5.41, 5.74) is 2.33. The van der Waals surface area contributed by atoms with Gasteiger partial charge in [0.15, 0.2) is 11.6 Å². The van der Waals surface area contributed by atoms with E-state index in [1.54, 1.807) is 13.3 Å². The number of rotatable bonds is 2. The van der Waals surface area contributed by atoms with Crippen molar-refractivity contribution in [1.82, 2.24) is 9.97 Å². The molecule has 0 N–H and O–H groups in total. The van der Waals surface area contributed by atoms with Crippen molar-refractivity contribution in [2.75, 3.05) is 25.7 Å². The summed E-state index contributed by atoms with van der Waals surface area (Å²) in [6.45, 7) is 2.61. The topological polar surface area (TPSA) is 47.5 Å². The maximum atomic E-state index is 5.89. The Labute approximate surface area is 128 Å².